The quantitative estimate of drug-likeness (QED) is 0.184. The molecule has 0 atom stereocenters. The second kappa shape index (κ2) is 18.7. The summed E-state index contributed by atoms with van der Waals surface area (Å²) in [6.07, 6.45) is 10.1. The number of unbranched alkanes of at least 4 members (excludes halogenated alkanes) is 4. The summed E-state index contributed by atoms with van der Waals surface area (Å²) >= 11 is -2.94. The zero-order valence-electron chi connectivity index (χ0n) is 17.3. The van der Waals surface area contributed by atoms with Gasteiger partial charge in [-0.2, -0.15) is 0 Å². The van der Waals surface area contributed by atoms with Gasteiger partial charge in [-0.05, 0) is 0 Å². The Morgan fingerprint density at radius 1 is 0.667 bits per heavy atom. The summed E-state index contributed by atoms with van der Waals surface area (Å²) < 4.78 is 5.66. The zero-order chi connectivity index (χ0) is 18.8. The van der Waals surface area contributed by atoms with E-state index in [4.69, 9.17) is 0 Å². The first-order chi connectivity index (χ1) is 11.4. The molecule has 0 rings (SSSR count). The van der Waals surface area contributed by atoms with E-state index in [2.05, 4.69) is 27.7 Å². The van der Waals surface area contributed by atoms with Crippen molar-refractivity contribution in [1.29, 1.82) is 0 Å². The molecule has 0 amide bonds. The van der Waals surface area contributed by atoms with Gasteiger partial charge in [-0.25, -0.2) is 0 Å². The molecule has 0 bridgehead atoms. The van der Waals surface area contributed by atoms with E-state index in [1.807, 2.05) is 0 Å². The molecule has 0 spiro atoms. The van der Waals surface area contributed by atoms with Gasteiger partial charge in [0.15, 0.2) is 0 Å². The first-order valence-corrected chi connectivity index (χ1v) is 21.1. The van der Waals surface area contributed by atoms with E-state index >= 15 is 0 Å². The van der Waals surface area contributed by atoms with Crippen molar-refractivity contribution < 1.29 is 9.59 Å². The minimum atomic E-state index is -3.09. The maximum atomic E-state index is 11.8. The Hall–Kier alpha value is 0.937. The molecule has 0 saturated heterocycles. The Morgan fingerprint density at radius 2 is 1.00 bits per heavy atom. The second-order valence-electron chi connectivity index (χ2n) is 6.86. The summed E-state index contributed by atoms with van der Waals surface area (Å²) in [5, 5.41) is 0. The van der Waals surface area contributed by atoms with Gasteiger partial charge < -0.3 is 0 Å². The molecule has 4 heteroatoms. The topological polar surface area (TPSA) is 34.1 Å². The van der Waals surface area contributed by atoms with Crippen molar-refractivity contribution in [3.8, 4) is 0 Å². The van der Waals surface area contributed by atoms with Crippen molar-refractivity contribution in [2.45, 2.75) is 111 Å². The SMILES string of the molecule is CCC[CH2][Sn]([CH2]CCC)([C](C)=O)[C](C)=O.CCC[CH2][Sn][CH2]CCC. The van der Waals surface area contributed by atoms with Crippen molar-refractivity contribution >= 4 is 47.1 Å². The number of carbonyl (C=O) groups excluding carboxylic acids is 2. The van der Waals surface area contributed by atoms with E-state index in [0.717, 1.165) is 34.6 Å². The number of rotatable bonds is 14. The molecule has 0 aliphatic heterocycles. The van der Waals surface area contributed by atoms with Crippen molar-refractivity contribution in [2.24, 2.45) is 0 Å². The van der Waals surface area contributed by atoms with Crippen LogP contribution in [0.15, 0.2) is 0 Å². The van der Waals surface area contributed by atoms with Crippen LogP contribution in [0, 0.1) is 0 Å². The van der Waals surface area contributed by atoms with Crippen LogP contribution in [0.2, 0.25) is 17.7 Å². The summed E-state index contributed by atoms with van der Waals surface area (Å²) in [4.78, 5) is 23.6. The Bertz CT molecular complexity index is 287. The Balaban J connectivity index is 0. The van der Waals surface area contributed by atoms with E-state index < -0.39 is 18.4 Å². The molecule has 0 N–H and O–H groups in total. The molecule has 24 heavy (non-hydrogen) atoms. The molecule has 0 aromatic carbocycles. The molecule has 0 unspecified atom stereocenters. The predicted octanol–water partition coefficient (Wildman–Crippen LogP) is 6.42. The average molecular weight is 552 g/mol. The van der Waals surface area contributed by atoms with Crippen molar-refractivity contribution in [1.82, 2.24) is 0 Å². The van der Waals surface area contributed by atoms with Crippen LogP contribution in [0.25, 0.3) is 0 Å². The van der Waals surface area contributed by atoms with Crippen LogP contribution >= 0.6 is 0 Å². The van der Waals surface area contributed by atoms with Gasteiger partial charge in [-0.15, -0.1) is 0 Å². The van der Waals surface area contributed by atoms with Gasteiger partial charge in [0.1, 0.15) is 0 Å². The maximum absolute atomic E-state index is 11.8. The van der Waals surface area contributed by atoms with Crippen LogP contribution in [0.3, 0.4) is 0 Å². The zero-order valence-corrected chi connectivity index (χ0v) is 23.0. The van der Waals surface area contributed by atoms with Crippen LogP contribution in [-0.2, 0) is 9.59 Å². The molecule has 0 aliphatic rings. The Labute approximate surface area is 166 Å². The van der Waals surface area contributed by atoms with E-state index in [9.17, 15) is 9.59 Å². The van der Waals surface area contributed by atoms with E-state index in [0.29, 0.717) is 0 Å². The molecule has 2 nitrogen and oxygen atoms in total. The summed E-state index contributed by atoms with van der Waals surface area (Å²) in [5.74, 6) is 0. The van der Waals surface area contributed by atoms with Crippen LogP contribution in [0.5, 0.6) is 0 Å². The number of hydrogen-bond donors (Lipinski definition) is 0. The fourth-order valence-corrected chi connectivity index (χ4v) is 18.5. The Kier molecular flexibility index (Phi) is 21.2. The molecule has 0 fully saturated rings. The van der Waals surface area contributed by atoms with Gasteiger partial charge in [-0.1, -0.05) is 0 Å². The fraction of sp³-hybridized carbons (Fsp3) is 0.900. The number of carbonyl (C=O) groups is 2. The van der Waals surface area contributed by atoms with E-state index in [-0.39, 0.29) is 28.7 Å². The molecular formula is C20H42O2Sn2. The molecular weight excluding hydrogens is 510 g/mol. The Morgan fingerprint density at radius 3 is 1.25 bits per heavy atom. The molecule has 2 radical (unpaired) electrons. The first-order valence-electron chi connectivity index (χ1n) is 10.2. The van der Waals surface area contributed by atoms with E-state index in [1.165, 1.54) is 25.7 Å². The third-order valence-corrected chi connectivity index (χ3v) is 23.3. The van der Waals surface area contributed by atoms with Gasteiger partial charge in [0.05, 0.1) is 0 Å². The van der Waals surface area contributed by atoms with Crippen molar-refractivity contribution in [3.05, 3.63) is 0 Å². The normalized spacial score (nSPS) is 10.9. The molecule has 0 saturated carbocycles. The van der Waals surface area contributed by atoms with Gasteiger partial charge >= 0.3 is 167 Å². The van der Waals surface area contributed by atoms with Gasteiger partial charge in [0.25, 0.3) is 0 Å². The van der Waals surface area contributed by atoms with Crippen molar-refractivity contribution in [3.63, 3.8) is 0 Å². The second-order valence-corrected chi connectivity index (χ2v) is 24.2. The average Bonchev–Trinajstić information content (AvgIpc) is 2.55. The fourth-order valence-electron chi connectivity index (χ4n) is 2.76. The third-order valence-electron chi connectivity index (χ3n) is 4.68. The van der Waals surface area contributed by atoms with Gasteiger partial charge in [-0.3, -0.25) is 0 Å². The molecule has 0 aromatic rings. The van der Waals surface area contributed by atoms with Crippen molar-refractivity contribution in [2.75, 3.05) is 0 Å². The van der Waals surface area contributed by atoms with Crippen LogP contribution in [0.4, 0.5) is 0 Å². The molecule has 0 heterocycles. The van der Waals surface area contributed by atoms with E-state index in [1.54, 1.807) is 22.7 Å². The summed E-state index contributed by atoms with van der Waals surface area (Å²) in [6.45, 7) is 12.1. The monoisotopic (exact) mass is 554 g/mol. The molecule has 142 valence electrons. The third kappa shape index (κ3) is 13.2. The van der Waals surface area contributed by atoms with Crippen LogP contribution < -0.4 is 0 Å². The van der Waals surface area contributed by atoms with Crippen LogP contribution in [-0.4, -0.2) is 47.1 Å². The molecule has 0 aromatic heterocycles. The summed E-state index contributed by atoms with van der Waals surface area (Å²) in [5.41, 5.74) is 0. The molecule has 0 aliphatic carbocycles. The summed E-state index contributed by atoms with van der Waals surface area (Å²) in [7, 11) is 0. The van der Waals surface area contributed by atoms with Gasteiger partial charge in [0, 0.05) is 0 Å². The van der Waals surface area contributed by atoms with Crippen LogP contribution in [0.1, 0.15) is 92.9 Å². The van der Waals surface area contributed by atoms with Gasteiger partial charge in [0.2, 0.25) is 0 Å². The number of hydrogen-bond acceptors (Lipinski definition) is 2. The minimum absolute atomic E-state index is 0.149. The summed E-state index contributed by atoms with van der Waals surface area (Å²) in [6, 6.07) is 0. The predicted molar refractivity (Wildman–Crippen MR) is 112 cm³/mol. The first kappa shape index (κ1) is 27.2. The standard InChI is InChI=1S/4C4H9.2C2H3O.2Sn/c4*1-3-4-2;2*1-2-3;;/h4*1,3-4H2,2H3;2*1H3;;.